The molecule has 0 bridgehead atoms. The first-order chi connectivity index (χ1) is 14.2. The summed E-state index contributed by atoms with van der Waals surface area (Å²) in [5, 5.41) is 10.3. The van der Waals surface area contributed by atoms with E-state index in [0.29, 0.717) is 6.54 Å². The first-order valence-corrected chi connectivity index (χ1v) is 9.49. The lowest BCUT2D eigenvalue weighted by Gasteiger charge is -2.10. The highest BCUT2D eigenvalue weighted by atomic mass is 16.2. The largest absolute Gasteiger partial charge is 0.351 e. The van der Waals surface area contributed by atoms with Crippen LogP contribution >= 0.6 is 0 Å². The normalized spacial score (nSPS) is 10.8. The Bertz CT molecular complexity index is 1120. The van der Waals surface area contributed by atoms with Crippen molar-refractivity contribution >= 4 is 28.3 Å². The van der Waals surface area contributed by atoms with Gasteiger partial charge in [0.2, 0.25) is 0 Å². The highest BCUT2D eigenvalue weighted by molar-refractivity contribution is 6.01. The number of aryl methyl sites for hydroxylation is 1. The van der Waals surface area contributed by atoms with Crippen molar-refractivity contribution in [2.45, 2.75) is 13.1 Å². The van der Waals surface area contributed by atoms with Crippen LogP contribution in [0.5, 0.6) is 0 Å². The smallest absolute Gasteiger partial charge is 0.323 e. The molecule has 0 aliphatic heterocycles. The number of nitrogens with zero attached hydrogens (tertiary/aromatic N) is 2. The van der Waals surface area contributed by atoms with Crippen LogP contribution < -0.4 is 16.0 Å². The van der Waals surface area contributed by atoms with Gasteiger partial charge in [-0.15, -0.1) is 0 Å². The molecule has 3 N–H and O–H groups in total. The van der Waals surface area contributed by atoms with Gasteiger partial charge in [0.15, 0.2) is 0 Å². The molecular formula is C23H23N5O. The second kappa shape index (κ2) is 8.58. The molecule has 0 saturated heterocycles. The third-order valence-electron chi connectivity index (χ3n) is 4.71. The summed E-state index contributed by atoms with van der Waals surface area (Å²) in [6.45, 7) is 1.45. The van der Waals surface area contributed by atoms with E-state index >= 15 is 0 Å². The fourth-order valence-electron chi connectivity index (χ4n) is 3.27. The Hall–Kier alpha value is -3.64. The number of hydrogen-bond acceptors (Lipinski definition) is 3. The zero-order valence-corrected chi connectivity index (χ0v) is 16.2. The second-order valence-electron chi connectivity index (χ2n) is 6.94. The topological polar surface area (TPSA) is 71.0 Å². The number of benzene rings is 2. The average Bonchev–Trinajstić information content (AvgIpc) is 3.09. The number of hydrogen-bond donors (Lipinski definition) is 3. The van der Waals surface area contributed by atoms with Gasteiger partial charge in [-0.2, -0.15) is 0 Å². The molecule has 6 nitrogen and oxygen atoms in total. The predicted molar refractivity (Wildman–Crippen MR) is 117 cm³/mol. The van der Waals surface area contributed by atoms with Crippen LogP contribution in [0.2, 0.25) is 0 Å². The van der Waals surface area contributed by atoms with Crippen LogP contribution in [0.3, 0.4) is 0 Å². The maximum atomic E-state index is 12.4. The lowest BCUT2D eigenvalue weighted by molar-refractivity contribution is 0.262. The summed E-state index contributed by atoms with van der Waals surface area (Å²) in [7, 11) is 2.00. The van der Waals surface area contributed by atoms with Crippen LogP contribution in [-0.2, 0) is 20.1 Å². The number of fused-ring (bicyclic) bond motifs is 1. The predicted octanol–water partition coefficient (Wildman–Crippen LogP) is 4.51. The van der Waals surface area contributed by atoms with Gasteiger partial charge in [0.1, 0.15) is 0 Å². The number of carbonyl (C=O) groups is 1. The molecule has 0 aliphatic rings. The molecule has 0 aliphatic carbocycles. The van der Waals surface area contributed by atoms with Gasteiger partial charge in [0.25, 0.3) is 0 Å². The van der Waals surface area contributed by atoms with Gasteiger partial charge in [0, 0.05) is 61.0 Å². The highest BCUT2D eigenvalue weighted by Crippen LogP contribution is 2.20. The van der Waals surface area contributed by atoms with Gasteiger partial charge < -0.3 is 20.5 Å². The minimum Gasteiger partial charge on any atom is -0.351 e. The van der Waals surface area contributed by atoms with Crippen LogP contribution in [0, 0.1) is 0 Å². The number of anilines is 2. The van der Waals surface area contributed by atoms with E-state index in [9.17, 15) is 4.79 Å². The van der Waals surface area contributed by atoms with Crippen LogP contribution in [0.15, 0.2) is 79.3 Å². The van der Waals surface area contributed by atoms with Crippen molar-refractivity contribution in [3.05, 3.63) is 90.4 Å². The van der Waals surface area contributed by atoms with Gasteiger partial charge in [-0.3, -0.25) is 4.98 Å². The molecule has 0 spiro atoms. The molecule has 146 valence electrons. The molecule has 2 amide bonds. The quantitative estimate of drug-likeness (QED) is 0.457. The molecule has 4 rings (SSSR count). The van der Waals surface area contributed by atoms with E-state index < -0.39 is 0 Å². The van der Waals surface area contributed by atoms with Crippen LogP contribution in [0.1, 0.15) is 11.1 Å². The molecule has 6 heteroatoms. The summed E-state index contributed by atoms with van der Waals surface area (Å²) in [5.41, 5.74) is 4.87. The fourth-order valence-corrected chi connectivity index (χ4v) is 3.27. The van der Waals surface area contributed by atoms with E-state index in [1.165, 1.54) is 0 Å². The van der Waals surface area contributed by atoms with Crippen LogP contribution in [0.25, 0.3) is 10.9 Å². The Morgan fingerprint density at radius 2 is 1.72 bits per heavy atom. The molecule has 0 radical (unpaired) electrons. The summed E-state index contributed by atoms with van der Waals surface area (Å²) >= 11 is 0. The van der Waals surface area contributed by atoms with E-state index in [4.69, 9.17) is 0 Å². The third kappa shape index (κ3) is 4.80. The maximum absolute atomic E-state index is 12.4. The Kier molecular flexibility index (Phi) is 5.54. The summed E-state index contributed by atoms with van der Waals surface area (Å²) in [6.07, 6.45) is 5.62. The standard InChI is InChI=1S/C23H23N5O/c1-28-11-9-19-13-21(7-8-22(19)28)27-23(29)26-20-6-2-4-17(12-20)14-25-16-18-5-3-10-24-15-18/h2-13,15,25H,14,16H2,1H3,(H2,26,27,29). The van der Waals surface area contributed by atoms with Crippen LogP contribution in [-0.4, -0.2) is 15.6 Å². The molecule has 0 atom stereocenters. The van der Waals surface area contributed by atoms with Crippen LogP contribution in [0.4, 0.5) is 16.2 Å². The van der Waals surface area contributed by atoms with E-state index in [0.717, 1.165) is 39.9 Å². The van der Waals surface area contributed by atoms with Crippen molar-refractivity contribution in [1.82, 2.24) is 14.9 Å². The number of carbonyl (C=O) groups excluding carboxylic acids is 1. The van der Waals surface area contributed by atoms with Crippen molar-refractivity contribution in [1.29, 1.82) is 0 Å². The van der Waals surface area contributed by atoms with Gasteiger partial charge in [0.05, 0.1) is 0 Å². The summed E-state index contributed by atoms with van der Waals surface area (Å²) in [5.74, 6) is 0. The molecule has 29 heavy (non-hydrogen) atoms. The molecule has 0 fully saturated rings. The fraction of sp³-hybridized carbons (Fsp3) is 0.130. The first-order valence-electron chi connectivity index (χ1n) is 9.49. The van der Waals surface area contributed by atoms with E-state index in [1.807, 2.05) is 84.7 Å². The Morgan fingerprint density at radius 1 is 0.931 bits per heavy atom. The SMILES string of the molecule is Cn1ccc2cc(NC(=O)Nc3cccc(CNCc4cccnc4)c3)ccc21. The minimum atomic E-state index is -0.263. The zero-order chi connectivity index (χ0) is 20.1. The lowest BCUT2D eigenvalue weighted by atomic mass is 10.2. The van der Waals surface area contributed by atoms with Crippen molar-refractivity contribution in [3.63, 3.8) is 0 Å². The van der Waals surface area contributed by atoms with Crippen molar-refractivity contribution in [2.75, 3.05) is 10.6 Å². The highest BCUT2D eigenvalue weighted by Gasteiger charge is 2.05. The third-order valence-corrected chi connectivity index (χ3v) is 4.71. The van der Waals surface area contributed by atoms with Crippen molar-refractivity contribution in [2.24, 2.45) is 7.05 Å². The molecule has 0 saturated carbocycles. The number of nitrogens with one attached hydrogen (secondary N) is 3. The Morgan fingerprint density at radius 3 is 2.55 bits per heavy atom. The summed E-state index contributed by atoms with van der Waals surface area (Å²) in [4.78, 5) is 16.5. The lowest BCUT2D eigenvalue weighted by Crippen LogP contribution is -2.19. The Labute approximate surface area is 169 Å². The summed E-state index contributed by atoms with van der Waals surface area (Å²) in [6, 6.07) is 19.4. The average molecular weight is 385 g/mol. The maximum Gasteiger partial charge on any atom is 0.323 e. The number of pyridine rings is 1. The number of urea groups is 1. The number of amides is 2. The minimum absolute atomic E-state index is 0.263. The van der Waals surface area contributed by atoms with Gasteiger partial charge in [-0.1, -0.05) is 18.2 Å². The van der Waals surface area contributed by atoms with Crippen molar-refractivity contribution < 1.29 is 4.79 Å². The molecule has 0 unspecified atom stereocenters. The van der Waals surface area contributed by atoms with Gasteiger partial charge in [-0.25, -0.2) is 4.79 Å². The van der Waals surface area contributed by atoms with E-state index in [2.05, 4.69) is 20.9 Å². The number of aromatic nitrogens is 2. The van der Waals surface area contributed by atoms with E-state index in [1.54, 1.807) is 6.20 Å². The molecule has 2 aromatic carbocycles. The summed E-state index contributed by atoms with van der Waals surface area (Å²) < 4.78 is 2.05. The Balaban J connectivity index is 1.33. The molecule has 4 aromatic rings. The molecular weight excluding hydrogens is 362 g/mol. The van der Waals surface area contributed by atoms with Crippen molar-refractivity contribution in [3.8, 4) is 0 Å². The van der Waals surface area contributed by atoms with E-state index in [-0.39, 0.29) is 6.03 Å². The monoisotopic (exact) mass is 385 g/mol. The second-order valence-corrected chi connectivity index (χ2v) is 6.94. The zero-order valence-electron chi connectivity index (χ0n) is 16.2. The molecule has 2 aromatic heterocycles. The first kappa shape index (κ1) is 18.7. The van der Waals surface area contributed by atoms with Gasteiger partial charge in [-0.05, 0) is 53.6 Å². The van der Waals surface area contributed by atoms with Gasteiger partial charge >= 0.3 is 6.03 Å². The number of rotatable bonds is 6. The molecule has 2 heterocycles.